The number of hydrogen-bond donors (Lipinski definition) is 1. The Morgan fingerprint density at radius 2 is 1.88 bits per heavy atom. The minimum atomic E-state index is -0.259. The normalized spacial score (nSPS) is 11.2. The Kier molecular flexibility index (Phi) is 5.14. The Balaban J connectivity index is 1.77. The molecule has 2 aromatic carbocycles. The molecule has 1 aromatic heterocycles. The minimum Gasteiger partial charge on any atom is -0.267 e. The highest BCUT2D eigenvalue weighted by molar-refractivity contribution is 7.98. The third kappa shape index (κ3) is 4.06. The Bertz CT molecular complexity index is 949. The molecule has 0 saturated carbocycles. The fraction of sp³-hybridized carbons (Fsp3) is 0.150. The summed E-state index contributed by atoms with van der Waals surface area (Å²) in [5.74, 6) is -0.259. The monoisotopic (exact) mass is 349 g/mol. The van der Waals surface area contributed by atoms with Gasteiger partial charge in [-0.2, -0.15) is 5.10 Å². The maximum Gasteiger partial charge on any atom is 0.273 e. The lowest BCUT2D eigenvalue weighted by molar-refractivity contribution is 0.0954. The molecule has 0 unspecified atom stereocenters. The minimum absolute atomic E-state index is 0.259. The van der Waals surface area contributed by atoms with Crippen LogP contribution < -0.4 is 5.43 Å². The molecular formula is C20H19N3OS. The molecule has 0 aliphatic carbocycles. The van der Waals surface area contributed by atoms with Gasteiger partial charge in [-0.15, -0.1) is 11.8 Å². The molecule has 0 fully saturated rings. The van der Waals surface area contributed by atoms with Gasteiger partial charge in [-0.1, -0.05) is 23.8 Å². The van der Waals surface area contributed by atoms with Crippen LogP contribution in [0.2, 0.25) is 0 Å². The van der Waals surface area contributed by atoms with E-state index in [2.05, 4.69) is 15.5 Å². The molecule has 0 bridgehead atoms. The second-order valence-electron chi connectivity index (χ2n) is 5.79. The van der Waals surface area contributed by atoms with E-state index < -0.39 is 0 Å². The number of amides is 1. The van der Waals surface area contributed by atoms with Crippen LogP contribution in [-0.4, -0.2) is 23.4 Å². The van der Waals surface area contributed by atoms with Crippen LogP contribution in [0.15, 0.2) is 58.5 Å². The average molecular weight is 349 g/mol. The third-order valence-electron chi connectivity index (χ3n) is 3.90. The number of thioether (sulfide) groups is 1. The van der Waals surface area contributed by atoms with E-state index in [0.717, 1.165) is 22.0 Å². The van der Waals surface area contributed by atoms with E-state index in [9.17, 15) is 4.79 Å². The van der Waals surface area contributed by atoms with E-state index in [0.29, 0.717) is 11.3 Å². The van der Waals surface area contributed by atoms with Crippen LogP contribution in [0.25, 0.3) is 10.9 Å². The first-order valence-corrected chi connectivity index (χ1v) is 9.15. The molecule has 0 atom stereocenters. The van der Waals surface area contributed by atoms with Crippen molar-refractivity contribution in [3.8, 4) is 0 Å². The Labute approximate surface area is 151 Å². The van der Waals surface area contributed by atoms with Crippen LogP contribution in [0.3, 0.4) is 0 Å². The molecule has 0 aliphatic rings. The number of carbonyl (C=O) groups excluding carboxylic acids is 1. The van der Waals surface area contributed by atoms with E-state index in [4.69, 9.17) is 0 Å². The van der Waals surface area contributed by atoms with Crippen LogP contribution in [0.1, 0.15) is 27.2 Å². The van der Waals surface area contributed by atoms with Gasteiger partial charge in [-0.25, -0.2) is 5.43 Å². The van der Waals surface area contributed by atoms with Gasteiger partial charge >= 0.3 is 0 Å². The molecule has 3 rings (SSSR count). The smallest absolute Gasteiger partial charge is 0.267 e. The molecule has 4 nitrogen and oxygen atoms in total. The van der Waals surface area contributed by atoms with Crippen molar-refractivity contribution in [2.75, 3.05) is 6.26 Å². The zero-order chi connectivity index (χ0) is 17.8. The number of aromatic nitrogens is 1. The van der Waals surface area contributed by atoms with Gasteiger partial charge in [0.05, 0.1) is 23.0 Å². The van der Waals surface area contributed by atoms with E-state index in [1.807, 2.05) is 68.6 Å². The van der Waals surface area contributed by atoms with Crippen molar-refractivity contribution in [3.63, 3.8) is 0 Å². The summed E-state index contributed by atoms with van der Waals surface area (Å²) in [4.78, 5) is 18.1. The number of benzene rings is 2. The number of nitrogens with one attached hydrogen (secondary N) is 1. The first kappa shape index (κ1) is 17.2. The zero-order valence-corrected chi connectivity index (χ0v) is 15.2. The summed E-state index contributed by atoms with van der Waals surface area (Å²) in [6.45, 7) is 3.85. The van der Waals surface area contributed by atoms with Gasteiger partial charge in [0, 0.05) is 10.3 Å². The number of carbonyl (C=O) groups is 1. The lowest BCUT2D eigenvalue weighted by Gasteiger charge is -2.07. The standard InChI is InChI=1S/C20H19N3OS/c1-13-4-9-19-16(10-13)11-18(14(2)22-19)20(24)23-21-12-15-5-7-17(25-3)8-6-15/h4-12H,1-3H3,(H,23,24)/b21-12-. The van der Waals surface area contributed by atoms with E-state index in [-0.39, 0.29) is 5.91 Å². The molecule has 1 amide bonds. The van der Waals surface area contributed by atoms with E-state index in [1.165, 1.54) is 4.90 Å². The molecule has 5 heteroatoms. The van der Waals surface area contributed by atoms with Crippen molar-refractivity contribution < 1.29 is 4.79 Å². The number of pyridine rings is 1. The highest BCUT2D eigenvalue weighted by atomic mass is 32.2. The Hall–Kier alpha value is -2.66. The summed E-state index contributed by atoms with van der Waals surface area (Å²) in [5, 5.41) is 5.00. The summed E-state index contributed by atoms with van der Waals surface area (Å²) in [5.41, 5.74) is 6.76. The van der Waals surface area contributed by atoms with Crippen molar-refractivity contribution in [3.05, 3.63) is 70.9 Å². The van der Waals surface area contributed by atoms with Gasteiger partial charge in [-0.05, 0) is 56.0 Å². The molecule has 0 radical (unpaired) electrons. The summed E-state index contributed by atoms with van der Waals surface area (Å²) in [7, 11) is 0. The number of nitrogens with zero attached hydrogens (tertiary/aromatic N) is 2. The average Bonchev–Trinajstić information content (AvgIpc) is 2.62. The number of rotatable bonds is 4. The van der Waals surface area contributed by atoms with Gasteiger partial charge in [-0.3, -0.25) is 9.78 Å². The van der Waals surface area contributed by atoms with Crippen LogP contribution in [0, 0.1) is 13.8 Å². The highest BCUT2D eigenvalue weighted by Crippen LogP contribution is 2.18. The Morgan fingerprint density at radius 3 is 2.60 bits per heavy atom. The fourth-order valence-corrected chi connectivity index (χ4v) is 2.95. The molecule has 25 heavy (non-hydrogen) atoms. The van der Waals surface area contributed by atoms with Gasteiger partial charge in [0.1, 0.15) is 0 Å². The van der Waals surface area contributed by atoms with Crippen LogP contribution in [0.4, 0.5) is 0 Å². The predicted molar refractivity (Wildman–Crippen MR) is 105 cm³/mol. The van der Waals surface area contributed by atoms with Crippen molar-refractivity contribution in [2.45, 2.75) is 18.7 Å². The second kappa shape index (κ2) is 7.49. The number of aryl methyl sites for hydroxylation is 2. The zero-order valence-electron chi connectivity index (χ0n) is 14.4. The summed E-state index contributed by atoms with van der Waals surface area (Å²) in [6.07, 6.45) is 3.67. The van der Waals surface area contributed by atoms with E-state index in [1.54, 1.807) is 18.0 Å². The maximum absolute atomic E-state index is 12.4. The third-order valence-corrected chi connectivity index (χ3v) is 4.64. The lowest BCUT2D eigenvalue weighted by Crippen LogP contribution is -2.19. The highest BCUT2D eigenvalue weighted by Gasteiger charge is 2.11. The lowest BCUT2D eigenvalue weighted by atomic mass is 10.1. The molecule has 126 valence electrons. The van der Waals surface area contributed by atoms with E-state index >= 15 is 0 Å². The largest absolute Gasteiger partial charge is 0.273 e. The molecule has 3 aromatic rings. The maximum atomic E-state index is 12.4. The molecule has 0 saturated heterocycles. The first-order chi connectivity index (χ1) is 12.1. The van der Waals surface area contributed by atoms with Crippen LogP contribution >= 0.6 is 11.8 Å². The van der Waals surface area contributed by atoms with Crippen LogP contribution in [0.5, 0.6) is 0 Å². The number of hydrazone groups is 1. The summed E-state index contributed by atoms with van der Waals surface area (Å²) in [6, 6.07) is 15.8. The van der Waals surface area contributed by atoms with Crippen molar-refractivity contribution in [1.82, 2.24) is 10.4 Å². The summed E-state index contributed by atoms with van der Waals surface area (Å²) >= 11 is 1.69. The van der Waals surface area contributed by atoms with Gasteiger partial charge in [0.15, 0.2) is 0 Å². The van der Waals surface area contributed by atoms with Gasteiger partial charge in [0.2, 0.25) is 0 Å². The van der Waals surface area contributed by atoms with Gasteiger partial charge in [0.25, 0.3) is 5.91 Å². The molecule has 0 spiro atoms. The van der Waals surface area contributed by atoms with Crippen LogP contribution in [-0.2, 0) is 0 Å². The number of hydrogen-bond acceptors (Lipinski definition) is 4. The topological polar surface area (TPSA) is 54.4 Å². The summed E-state index contributed by atoms with van der Waals surface area (Å²) < 4.78 is 0. The Morgan fingerprint density at radius 1 is 1.12 bits per heavy atom. The first-order valence-electron chi connectivity index (χ1n) is 7.92. The van der Waals surface area contributed by atoms with Crippen molar-refractivity contribution >= 4 is 34.8 Å². The molecule has 1 heterocycles. The van der Waals surface area contributed by atoms with Crippen molar-refractivity contribution in [1.29, 1.82) is 0 Å². The molecular weight excluding hydrogens is 330 g/mol. The van der Waals surface area contributed by atoms with Gasteiger partial charge < -0.3 is 0 Å². The predicted octanol–water partition coefficient (Wildman–Crippen LogP) is 4.34. The SMILES string of the molecule is CSc1ccc(/C=N\NC(=O)c2cc3cc(C)ccc3nc2C)cc1. The molecule has 1 N–H and O–H groups in total. The molecule has 0 aliphatic heterocycles. The fourth-order valence-electron chi connectivity index (χ4n) is 2.54. The second-order valence-corrected chi connectivity index (χ2v) is 6.67. The quantitative estimate of drug-likeness (QED) is 0.433. The number of fused-ring (bicyclic) bond motifs is 1. The van der Waals surface area contributed by atoms with Crippen molar-refractivity contribution in [2.24, 2.45) is 5.10 Å².